The lowest BCUT2D eigenvalue weighted by Gasteiger charge is -2.08. The second-order valence-electron chi connectivity index (χ2n) is 6.50. The van der Waals surface area contributed by atoms with Crippen molar-refractivity contribution in [2.45, 2.75) is 32.1 Å². The summed E-state index contributed by atoms with van der Waals surface area (Å²) in [6.07, 6.45) is 6.14. The predicted molar refractivity (Wildman–Crippen MR) is 105 cm³/mol. The van der Waals surface area contributed by atoms with Crippen LogP contribution in [0.1, 0.15) is 47.2 Å². The van der Waals surface area contributed by atoms with Crippen LogP contribution >= 0.6 is 15.9 Å². The average molecular weight is 388 g/mol. The highest BCUT2D eigenvalue weighted by molar-refractivity contribution is 9.10. The number of ketones is 1. The van der Waals surface area contributed by atoms with E-state index in [0.717, 1.165) is 22.0 Å². The van der Waals surface area contributed by atoms with E-state index in [4.69, 9.17) is 0 Å². The van der Waals surface area contributed by atoms with Crippen LogP contribution in [-0.2, 0) is 6.42 Å². The fourth-order valence-corrected chi connectivity index (χ4v) is 3.13. The maximum Gasteiger partial charge on any atom is 0.193 e. The molecular formula is C21H26BrNO. The first-order valence-corrected chi connectivity index (χ1v) is 9.39. The lowest BCUT2D eigenvalue weighted by molar-refractivity contribution is 0.103. The molecule has 2 aromatic rings. The normalized spacial score (nSPS) is 11.0. The molecule has 0 aliphatic heterocycles. The third kappa shape index (κ3) is 6.21. The van der Waals surface area contributed by atoms with Gasteiger partial charge in [0.1, 0.15) is 0 Å². The van der Waals surface area contributed by atoms with E-state index in [1.54, 1.807) is 0 Å². The SMILES string of the molecule is CN(C)CCCCCCc1ccc(C(=O)c2cccc(Br)c2)cc1. The molecule has 128 valence electrons. The number of carbonyl (C=O) groups excluding carboxylic acids is 1. The molecule has 0 radical (unpaired) electrons. The Morgan fingerprint density at radius 3 is 2.29 bits per heavy atom. The second kappa shape index (κ2) is 9.75. The Morgan fingerprint density at radius 2 is 1.62 bits per heavy atom. The standard InChI is InChI=1S/C21H26BrNO/c1-23(2)15-6-4-3-5-8-17-11-13-18(14-12-17)21(24)19-9-7-10-20(22)16-19/h7,9-14,16H,3-6,8,15H2,1-2H3. The van der Waals surface area contributed by atoms with Crippen LogP contribution in [0.3, 0.4) is 0 Å². The highest BCUT2D eigenvalue weighted by Crippen LogP contribution is 2.17. The van der Waals surface area contributed by atoms with Crippen LogP contribution in [0.5, 0.6) is 0 Å². The molecular weight excluding hydrogens is 362 g/mol. The fourth-order valence-electron chi connectivity index (χ4n) is 2.73. The van der Waals surface area contributed by atoms with E-state index >= 15 is 0 Å². The van der Waals surface area contributed by atoms with Crippen molar-refractivity contribution in [3.05, 3.63) is 69.7 Å². The topological polar surface area (TPSA) is 20.3 Å². The van der Waals surface area contributed by atoms with Crippen molar-refractivity contribution in [3.63, 3.8) is 0 Å². The fraction of sp³-hybridized carbons (Fsp3) is 0.381. The summed E-state index contributed by atoms with van der Waals surface area (Å²) in [5, 5.41) is 0. The van der Waals surface area contributed by atoms with Gasteiger partial charge >= 0.3 is 0 Å². The number of aryl methyl sites for hydroxylation is 1. The van der Waals surface area contributed by atoms with Crippen LogP contribution in [-0.4, -0.2) is 31.3 Å². The summed E-state index contributed by atoms with van der Waals surface area (Å²) in [6.45, 7) is 1.17. The summed E-state index contributed by atoms with van der Waals surface area (Å²) >= 11 is 3.41. The number of benzene rings is 2. The number of halogens is 1. The molecule has 24 heavy (non-hydrogen) atoms. The predicted octanol–water partition coefficient (Wildman–Crippen LogP) is 5.34. The Bertz CT molecular complexity index is 649. The van der Waals surface area contributed by atoms with Crippen molar-refractivity contribution in [1.29, 1.82) is 0 Å². The van der Waals surface area contributed by atoms with E-state index in [1.807, 2.05) is 36.4 Å². The molecule has 0 aliphatic rings. The van der Waals surface area contributed by atoms with E-state index in [2.05, 4.69) is 47.1 Å². The van der Waals surface area contributed by atoms with Crippen LogP contribution in [0, 0.1) is 0 Å². The Kier molecular flexibility index (Phi) is 7.67. The van der Waals surface area contributed by atoms with Gasteiger partial charge in [0, 0.05) is 15.6 Å². The van der Waals surface area contributed by atoms with E-state index in [1.165, 1.54) is 37.8 Å². The molecule has 0 N–H and O–H groups in total. The average Bonchev–Trinajstić information content (AvgIpc) is 2.57. The van der Waals surface area contributed by atoms with Crippen molar-refractivity contribution >= 4 is 21.7 Å². The summed E-state index contributed by atoms with van der Waals surface area (Å²) in [7, 11) is 4.24. The Balaban J connectivity index is 1.81. The number of rotatable bonds is 9. The van der Waals surface area contributed by atoms with E-state index in [-0.39, 0.29) is 5.78 Å². The summed E-state index contributed by atoms with van der Waals surface area (Å²) in [6, 6.07) is 15.6. The highest BCUT2D eigenvalue weighted by atomic mass is 79.9. The smallest absolute Gasteiger partial charge is 0.193 e. The van der Waals surface area contributed by atoms with Gasteiger partial charge in [0.05, 0.1) is 0 Å². The molecule has 0 amide bonds. The third-order valence-corrected chi connectivity index (χ3v) is 4.62. The lowest BCUT2D eigenvalue weighted by Crippen LogP contribution is -2.12. The van der Waals surface area contributed by atoms with Gasteiger partial charge in [-0.05, 0) is 57.6 Å². The van der Waals surface area contributed by atoms with Crippen molar-refractivity contribution in [2.24, 2.45) is 0 Å². The summed E-state index contributed by atoms with van der Waals surface area (Å²) in [4.78, 5) is 14.7. The largest absolute Gasteiger partial charge is 0.309 e. The maximum absolute atomic E-state index is 12.5. The molecule has 3 heteroatoms. The van der Waals surface area contributed by atoms with Gasteiger partial charge in [-0.15, -0.1) is 0 Å². The van der Waals surface area contributed by atoms with Crippen LogP contribution in [0.15, 0.2) is 53.0 Å². The van der Waals surface area contributed by atoms with Crippen molar-refractivity contribution in [2.75, 3.05) is 20.6 Å². The molecule has 0 saturated heterocycles. The lowest BCUT2D eigenvalue weighted by atomic mass is 10.00. The molecule has 0 bridgehead atoms. The zero-order valence-electron chi connectivity index (χ0n) is 14.6. The highest BCUT2D eigenvalue weighted by Gasteiger charge is 2.09. The minimum Gasteiger partial charge on any atom is -0.309 e. The first kappa shape index (κ1) is 18.9. The van der Waals surface area contributed by atoms with Gasteiger partial charge in [-0.1, -0.05) is 65.2 Å². The molecule has 0 saturated carbocycles. The van der Waals surface area contributed by atoms with Gasteiger partial charge in [0.25, 0.3) is 0 Å². The number of unbranched alkanes of at least 4 members (excludes halogenated alkanes) is 3. The maximum atomic E-state index is 12.5. The van der Waals surface area contributed by atoms with Crippen molar-refractivity contribution in [1.82, 2.24) is 4.90 Å². The number of nitrogens with zero attached hydrogens (tertiary/aromatic N) is 1. The van der Waals surface area contributed by atoms with Crippen LogP contribution < -0.4 is 0 Å². The molecule has 0 fully saturated rings. The zero-order chi connectivity index (χ0) is 17.4. The van der Waals surface area contributed by atoms with Gasteiger partial charge < -0.3 is 4.90 Å². The number of carbonyl (C=O) groups is 1. The Hall–Kier alpha value is -1.45. The quantitative estimate of drug-likeness (QED) is 0.427. The molecule has 0 atom stereocenters. The minimum atomic E-state index is 0.0755. The molecule has 0 aromatic heterocycles. The molecule has 0 spiro atoms. The molecule has 0 heterocycles. The second-order valence-corrected chi connectivity index (χ2v) is 7.42. The van der Waals surface area contributed by atoms with Crippen LogP contribution in [0.2, 0.25) is 0 Å². The third-order valence-electron chi connectivity index (χ3n) is 4.12. The van der Waals surface area contributed by atoms with E-state index in [9.17, 15) is 4.79 Å². The minimum absolute atomic E-state index is 0.0755. The van der Waals surface area contributed by atoms with Gasteiger partial charge in [0.2, 0.25) is 0 Å². The van der Waals surface area contributed by atoms with Gasteiger partial charge in [-0.2, -0.15) is 0 Å². The van der Waals surface area contributed by atoms with Crippen LogP contribution in [0.4, 0.5) is 0 Å². The Morgan fingerprint density at radius 1 is 0.917 bits per heavy atom. The first-order chi connectivity index (χ1) is 11.6. The van der Waals surface area contributed by atoms with Crippen LogP contribution in [0.25, 0.3) is 0 Å². The van der Waals surface area contributed by atoms with E-state index < -0.39 is 0 Å². The van der Waals surface area contributed by atoms with E-state index in [0.29, 0.717) is 0 Å². The zero-order valence-corrected chi connectivity index (χ0v) is 16.2. The molecule has 0 aliphatic carbocycles. The summed E-state index contributed by atoms with van der Waals surface area (Å²) in [5.41, 5.74) is 2.79. The summed E-state index contributed by atoms with van der Waals surface area (Å²) in [5.74, 6) is 0.0755. The monoisotopic (exact) mass is 387 g/mol. The number of hydrogen-bond acceptors (Lipinski definition) is 2. The molecule has 2 rings (SSSR count). The van der Waals surface area contributed by atoms with Gasteiger partial charge in [0.15, 0.2) is 5.78 Å². The summed E-state index contributed by atoms with van der Waals surface area (Å²) < 4.78 is 0.930. The molecule has 2 nitrogen and oxygen atoms in total. The van der Waals surface area contributed by atoms with Gasteiger partial charge in [-0.3, -0.25) is 4.79 Å². The van der Waals surface area contributed by atoms with Crippen molar-refractivity contribution < 1.29 is 4.79 Å². The first-order valence-electron chi connectivity index (χ1n) is 8.60. The van der Waals surface area contributed by atoms with Gasteiger partial charge in [-0.25, -0.2) is 0 Å². The molecule has 0 unspecified atom stereocenters. The van der Waals surface area contributed by atoms with Crippen molar-refractivity contribution in [3.8, 4) is 0 Å². The Labute approximate surface area is 154 Å². The molecule has 2 aromatic carbocycles. The number of hydrogen-bond donors (Lipinski definition) is 0.